The molecule has 21 heavy (non-hydrogen) atoms. The second kappa shape index (κ2) is 8.71. The third-order valence-electron chi connectivity index (χ3n) is 3.50. The molecule has 0 aliphatic carbocycles. The number of likely N-dealkylation sites (N-methyl/N-ethyl adjacent to an activating group) is 1. The number of nitrogens with two attached hydrogens (primary N) is 1. The number of nitrogens with zero attached hydrogens (tertiary/aromatic N) is 1. The summed E-state index contributed by atoms with van der Waals surface area (Å²) in [6, 6.07) is 3.74. The van der Waals surface area contributed by atoms with Crippen LogP contribution in [0.4, 0.5) is 0 Å². The molecule has 0 saturated heterocycles. The lowest BCUT2D eigenvalue weighted by molar-refractivity contribution is 0.139. The van der Waals surface area contributed by atoms with Crippen molar-refractivity contribution in [3.63, 3.8) is 0 Å². The molecule has 0 fully saturated rings. The van der Waals surface area contributed by atoms with Crippen molar-refractivity contribution in [2.24, 2.45) is 5.73 Å². The normalized spacial score (nSPS) is 12.3. The van der Waals surface area contributed by atoms with Gasteiger partial charge in [0.05, 0.1) is 34.0 Å². The Hall–Kier alpha value is -1.50. The van der Waals surface area contributed by atoms with Crippen LogP contribution in [-0.4, -0.2) is 60.1 Å². The summed E-state index contributed by atoms with van der Waals surface area (Å²) in [5.74, 6) is 2.02. The molecule has 2 N–H and O–H groups in total. The lowest BCUT2D eigenvalue weighted by Crippen LogP contribution is -2.33. The molecule has 0 amide bonds. The maximum absolute atomic E-state index is 5.95. The monoisotopic (exact) mass is 298 g/mol. The van der Waals surface area contributed by atoms with Crippen molar-refractivity contribution in [1.82, 2.24) is 4.90 Å². The minimum Gasteiger partial charge on any atom is -0.496 e. The molecule has 1 atom stereocenters. The van der Waals surface area contributed by atoms with E-state index in [0.29, 0.717) is 24.7 Å². The summed E-state index contributed by atoms with van der Waals surface area (Å²) < 4.78 is 21.3. The Balaban J connectivity index is 3.17. The first kappa shape index (κ1) is 17.6. The molecule has 1 aromatic rings. The first-order valence-corrected chi connectivity index (χ1v) is 6.82. The number of ether oxygens (including phenoxy) is 4. The average molecular weight is 298 g/mol. The van der Waals surface area contributed by atoms with Crippen molar-refractivity contribution in [3.8, 4) is 17.2 Å². The van der Waals surface area contributed by atoms with E-state index in [4.69, 9.17) is 24.7 Å². The van der Waals surface area contributed by atoms with Crippen LogP contribution in [0.2, 0.25) is 0 Å². The fraction of sp³-hybridized carbons (Fsp3) is 0.600. The van der Waals surface area contributed by atoms with Gasteiger partial charge in [-0.3, -0.25) is 4.90 Å². The van der Waals surface area contributed by atoms with Crippen LogP contribution in [-0.2, 0) is 4.74 Å². The maximum atomic E-state index is 5.95. The molecule has 0 spiro atoms. The lowest BCUT2D eigenvalue weighted by atomic mass is 10.0. The first-order valence-electron chi connectivity index (χ1n) is 6.82. The molecular weight excluding hydrogens is 272 g/mol. The second-order valence-corrected chi connectivity index (χ2v) is 4.67. The zero-order chi connectivity index (χ0) is 15.8. The molecule has 0 aliphatic heterocycles. The van der Waals surface area contributed by atoms with E-state index in [1.807, 2.05) is 19.2 Å². The summed E-state index contributed by atoms with van der Waals surface area (Å²) in [7, 11) is 8.53. The molecular formula is C15H26N2O4. The van der Waals surface area contributed by atoms with Gasteiger partial charge in [-0.2, -0.15) is 0 Å². The number of methoxy groups -OCH3 is 4. The Kier molecular flexibility index (Phi) is 7.28. The van der Waals surface area contributed by atoms with E-state index in [2.05, 4.69) is 4.90 Å². The summed E-state index contributed by atoms with van der Waals surface area (Å²) in [6.45, 7) is 1.88. The summed E-state index contributed by atoms with van der Waals surface area (Å²) >= 11 is 0. The lowest BCUT2D eigenvalue weighted by Gasteiger charge is -2.29. The Morgan fingerprint density at radius 2 is 1.57 bits per heavy atom. The van der Waals surface area contributed by atoms with Crippen LogP contribution in [0.25, 0.3) is 0 Å². The van der Waals surface area contributed by atoms with Gasteiger partial charge in [-0.1, -0.05) is 0 Å². The number of rotatable bonds is 9. The van der Waals surface area contributed by atoms with Crippen LogP contribution >= 0.6 is 0 Å². The highest BCUT2D eigenvalue weighted by Gasteiger charge is 2.22. The summed E-state index contributed by atoms with van der Waals surface area (Å²) in [5.41, 5.74) is 6.92. The number of hydrogen-bond donors (Lipinski definition) is 1. The van der Waals surface area contributed by atoms with Gasteiger partial charge in [0.2, 0.25) is 0 Å². The van der Waals surface area contributed by atoms with E-state index in [-0.39, 0.29) is 6.04 Å². The van der Waals surface area contributed by atoms with Gasteiger partial charge in [-0.25, -0.2) is 0 Å². The minimum absolute atomic E-state index is 0.00917. The third-order valence-corrected chi connectivity index (χ3v) is 3.50. The summed E-state index contributed by atoms with van der Waals surface area (Å²) in [4.78, 5) is 2.13. The highest BCUT2D eigenvalue weighted by Crippen LogP contribution is 2.38. The van der Waals surface area contributed by atoms with Gasteiger partial charge >= 0.3 is 0 Å². The molecule has 0 radical (unpaired) electrons. The van der Waals surface area contributed by atoms with Gasteiger partial charge in [-0.15, -0.1) is 0 Å². The standard InChI is InChI=1S/C15H26N2O4/c1-17(6-7-18-2)12(10-16)11-8-14(20-4)15(21-5)9-13(11)19-3/h8-9,12H,6-7,10,16H2,1-5H3. The van der Waals surface area contributed by atoms with Gasteiger partial charge in [0.1, 0.15) is 5.75 Å². The Morgan fingerprint density at radius 3 is 2.05 bits per heavy atom. The molecule has 6 nitrogen and oxygen atoms in total. The van der Waals surface area contributed by atoms with Gasteiger partial charge in [0.25, 0.3) is 0 Å². The van der Waals surface area contributed by atoms with E-state index in [0.717, 1.165) is 17.9 Å². The second-order valence-electron chi connectivity index (χ2n) is 4.67. The zero-order valence-electron chi connectivity index (χ0n) is 13.5. The van der Waals surface area contributed by atoms with Crippen LogP contribution in [0.5, 0.6) is 17.2 Å². The number of hydrogen-bond acceptors (Lipinski definition) is 6. The van der Waals surface area contributed by atoms with Gasteiger partial charge in [0.15, 0.2) is 11.5 Å². The molecule has 1 unspecified atom stereocenters. The topological polar surface area (TPSA) is 66.2 Å². The minimum atomic E-state index is 0.00917. The van der Waals surface area contributed by atoms with Crippen molar-refractivity contribution < 1.29 is 18.9 Å². The van der Waals surface area contributed by atoms with Crippen LogP contribution < -0.4 is 19.9 Å². The summed E-state index contributed by atoms with van der Waals surface area (Å²) in [5, 5.41) is 0. The Bertz CT molecular complexity index is 440. The van der Waals surface area contributed by atoms with E-state index in [1.165, 1.54) is 0 Å². The predicted molar refractivity (Wildman–Crippen MR) is 82.4 cm³/mol. The average Bonchev–Trinajstić information content (AvgIpc) is 2.52. The van der Waals surface area contributed by atoms with Crippen LogP contribution in [0.1, 0.15) is 11.6 Å². The fourth-order valence-electron chi connectivity index (χ4n) is 2.25. The molecule has 1 rings (SSSR count). The zero-order valence-corrected chi connectivity index (χ0v) is 13.5. The molecule has 1 aromatic carbocycles. The summed E-state index contributed by atoms with van der Waals surface area (Å²) in [6.07, 6.45) is 0. The van der Waals surface area contributed by atoms with E-state index in [1.54, 1.807) is 28.4 Å². The smallest absolute Gasteiger partial charge is 0.164 e. The fourth-order valence-corrected chi connectivity index (χ4v) is 2.25. The largest absolute Gasteiger partial charge is 0.496 e. The van der Waals surface area contributed by atoms with Gasteiger partial charge < -0.3 is 24.7 Å². The maximum Gasteiger partial charge on any atom is 0.164 e. The third kappa shape index (κ3) is 4.23. The Morgan fingerprint density at radius 1 is 1.00 bits per heavy atom. The van der Waals surface area contributed by atoms with E-state index >= 15 is 0 Å². The van der Waals surface area contributed by atoms with Gasteiger partial charge in [-0.05, 0) is 13.1 Å². The quantitative estimate of drug-likeness (QED) is 0.741. The predicted octanol–water partition coefficient (Wildman–Crippen LogP) is 1.29. The van der Waals surface area contributed by atoms with E-state index in [9.17, 15) is 0 Å². The van der Waals surface area contributed by atoms with Crippen LogP contribution in [0.15, 0.2) is 12.1 Å². The highest BCUT2D eigenvalue weighted by molar-refractivity contribution is 5.52. The van der Waals surface area contributed by atoms with Crippen LogP contribution in [0, 0.1) is 0 Å². The van der Waals surface area contributed by atoms with Crippen molar-refractivity contribution in [3.05, 3.63) is 17.7 Å². The first-order chi connectivity index (χ1) is 10.1. The van der Waals surface area contributed by atoms with E-state index < -0.39 is 0 Å². The van der Waals surface area contributed by atoms with Crippen molar-refractivity contribution in [2.45, 2.75) is 6.04 Å². The highest BCUT2D eigenvalue weighted by atomic mass is 16.5. The molecule has 0 aromatic heterocycles. The molecule has 0 heterocycles. The molecule has 0 saturated carbocycles. The van der Waals surface area contributed by atoms with Crippen molar-refractivity contribution >= 4 is 0 Å². The molecule has 6 heteroatoms. The SMILES string of the molecule is COCCN(C)C(CN)c1cc(OC)c(OC)cc1OC. The molecule has 120 valence electrons. The van der Waals surface area contributed by atoms with Crippen LogP contribution in [0.3, 0.4) is 0 Å². The van der Waals surface area contributed by atoms with Crippen molar-refractivity contribution in [2.75, 3.05) is 55.2 Å². The Labute approximate surface area is 126 Å². The van der Waals surface area contributed by atoms with Crippen molar-refractivity contribution in [1.29, 1.82) is 0 Å². The number of benzene rings is 1. The molecule has 0 bridgehead atoms. The molecule has 0 aliphatic rings. The van der Waals surface area contributed by atoms with Gasteiger partial charge in [0, 0.05) is 31.8 Å².